The van der Waals surface area contributed by atoms with Gasteiger partial charge >= 0.3 is 0 Å². The summed E-state index contributed by atoms with van der Waals surface area (Å²) in [6.07, 6.45) is 4.80. The number of carbonyl (C=O) groups is 2. The molecule has 2 aliphatic heterocycles. The normalized spacial score (nSPS) is 17.6. The summed E-state index contributed by atoms with van der Waals surface area (Å²) >= 11 is 0. The number of H-pyrrole nitrogens is 1. The Balaban J connectivity index is 1.16. The molecule has 2 fully saturated rings. The molecule has 0 radical (unpaired) electrons. The molecule has 0 aromatic carbocycles. The third kappa shape index (κ3) is 5.19. The maximum Gasteiger partial charge on any atom is 0.249 e. The number of piperidine rings is 1. The first-order chi connectivity index (χ1) is 19.7. The molecule has 41 heavy (non-hydrogen) atoms. The lowest BCUT2D eigenvalue weighted by Crippen LogP contribution is -2.69. The topological polar surface area (TPSA) is 150 Å². The fraction of sp³-hybridized carbons (Fsp3) is 0.370. The summed E-state index contributed by atoms with van der Waals surface area (Å²) in [5.74, 6) is 1.51. The molecule has 0 saturated carbocycles. The minimum atomic E-state index is -1.00. The van der Waals surface area contributed by atoms with E-state index in [1.807, 2.05) is 43.9 Å². The average molecular weight is 560 g/mol. The van der Waals surface area contributed by atoms with Gasteiger partial charge in [0.2, 0.25) is 17.8 Å². The molecular weight excluding hydrogens is 529 g/mol. The number of anilines is 3. The van der Waals surface area contributed by atoms with Gasteiger partial charge in [0.25, 0.3) is 0 Å². The highest BCUT2D eigenvalue weighted by Gasteiger charge is 2.49. The molecule has 0 bridgehead atoms. The van der Waals surface area contributed by atoms with Crippen LogP contribution in [-0.4, -0.2) is 76.8 Å². The molecule has 1 atom stereocenters. The van der Waals surface area contributed by atoms with E-state index in [1.54, 1.807) is 17.2 Å². The fourth-order valence-corrected chi connectivity index (χ4v) is 5.36. The molecule has 6 rings (SSSR count). The Morgan fingerprint density at radius 2 is 1.88 bits per heavy atom. The number of nitrogens with one attached hydrogen (secondary N) is 3. The van der Waals surface area contributed by atoms with E-state index in [1.165, 1.54) is 10.9 Å². The molecule has 4 aromatic heterocycles. The average Bonchev–Trinajstić information content (AvgIpc) is 3.58. The van der Waals surface area contributed by atoms with Crippen molar-refractivity contribution in [1.29, 1.82) is 0 Å². The predicted octanol–water partition coefficient (Wildman–Crippen LogP) is 2.34. The van der Waals surface area contributed by atoms with Gasteiger partial charge in [0.05, 0.1) is 18.4 Å². The van der Waals surface area contributed by atoms with Crippen LogP contribution in [0.1, 0.15) is 42.8 Å². The van der Waals surface area contributed by atoms with Gasteiger partial charge in [-0.2, -0.15) is 15.2 Å². The Bertz CT molecular complexity index is 1590. The van der Waals surface area contributed by atoms with Gasteiger partial charge in [-0.1, -0.05) is 6.07 Å². The first-order valence-electron chi connectivity index (χ1n) is 13.4. The molecule has 3 N–H and O–H groups in total. The molecule has 14 heteroatoms. The van der Waals surface area contributed by atoms with E-state index in [0.29, 0.717) is 49.3 Å². The quantitative estimate of drug-likeness (QED) is 0.323. The highest BCUT2D eigenvalue weighted by molar-refractivity contribution is 5.98. The molecule has 212 valence electrons. The summed E-state index contributed by atoms with van der Waals surface area (Å²) in [4.78, 5) is 44.0. The van der Waals surface area contributed by atoms with E-state index in [-0.39, 0.29) is 18.4 Å². The summed E-state index contributed by atoms with van der Waals surface area (Å²) in [5.41, 5.74) is 1.49. The number of halogens is 1. The van der Waals surface area contributed by atoms with E-state index >= 15 is 0 Å². The van der Waals surface area contributed by atoms with Gasteiger partial charge < -0.3 is 20.4 Å². The Morgan fingerprint density at radius 3 is 2.54 bits per heavy atom. The molecule has 0 unspecified atom stereocenters. The molecule has 2 amide bonds. The van der Waals surface area contributed by atoms with Gasteiger partial charge in [-0.05, 0) is 45.2 Å². The number of aryl methyl sites for hydroxylation is 2. The lowest BCUT2D eigenvalue weighted by molar-refractivity contribution is -0.153. The van der Waals surface area contributed by atoms with Crippen LogP contribution in [0.5, 0.6) is 0 Å². The van der Waals surface area contributed by atoms with Crippen LogP contribution in [-0.2, 0) is 9.59 Å². The number of aromatic amines is 1. The first-order valence-corrected chi connectivity index (χ1v) is 13.4. The van der Waals surface area contributed by atoms with Crippen molar-refractivity contribution in [1.82, 2.24) is 45.1 Å². The number of piperazine rings is 1. The zero-order valence-corrected chi connectivity index (χ0v) is 22.9. The maximum absolute atomic E-state index is 13.9. The molecule has 6 heterocycles. The molecule has 13 nitrogen and oxygen atoms in total. The number of hydrogen-bond acceptors (Lipinski definition) is 9. The van der Waals surface area contributed by atoms with Gasteiger partial charge in [0.1, 0.15) is 17.9 Å². The molecular formula is C27H30FN11O2. The largest absolute Gasteiger partial charge is 0.341 e. The zero-order chi connectivity index (χ0) is 28.7. The lowest BCUT2D eigenvalue weighted by atomic mass is 9.83. The number of nitrogens with zero attached hydrogens (tertiary/aromatic N) is 8. The molecule has 2 aliphatic rings. The number of carbonyl (C=O) groups excluding carboxylic acids is 2. The van der Waals surface area contributed by atoms with Crippen LogP contribution < -0.4 is 15.5 Å². The van der Waals surface area contributed by atoms with Crippen LogP contribution in [0.15, 0.2) is 42.9 Å². The number of amides is 2. The number of aromatic nitrogens is 7. The van der Waals surface area contributed by atoms with Crippen LogP contribution in [0.25, 0.3) is 5.82 Å². The second-order valence-corrected chi connectivity index (χ2v) is 10.5. The van der Waals surface area contributed by atoms with E-state index in [0.717, 1.165) is 23.1 Å². The summed E-state index contributed by atoms with van der Waals surface area (Å²) in [6, 6.07) is 6.86. The van der Waals surface area contributed by atoms with Crippen molar-refractivity contribution in [2.24, 2.45) is 0 Å². The second kappa shape index (κ2) is 10.3. The minimum Gasteiger partial charge on any atom is -0.341 e. The molecule has 0 aliphatic carbocycles. The van der Waals surface area contributed by atoms with Gasteiger partial charge in [-0.3, -0.25) is 14.7 Å². The Kier molecular flexibility index (Phi) is 6.59. The van der Waals surface area contributed by atoms with Crippen LogP contribution >= 0.6 is 0 Å². The summed E-state index contributed by atoms with van der Waals surface area (Å²) in [6.45, 7) is 6.64. The summed E-state index contributed by atoms with van der Waals surface area (Å²) in [5, 5.41) is 17.2. The van der Waals surface area contributed by atoms with Crippen LogP contribution in [0.3, 0.4) is 0 Å². The minimum absolute atomic E-state index is 0.0414. The van der Waals surface area contributed by atoms with E-state index in [2.05, 4.69) is 40.9 Å². The van der Waals surface area contributed by atoms with Gasteiger partial charge in [-0.15, -0.1) is 0 Å². The number of hydrogen-bond donors (Lipinski definition) is 3. The van der Waals surface area contributed by atoms with Crippen molar-refractivity contribution in [2.45, 2.75) is 45.2 Å². The predicted molar refractivity (Wildman–Crippen MR) is 147 cm³/mol. The highest BCUT2D eigenvalue weighted by atomic mass is 19.1. The Morgan fingerprint density at radius 1 is 1.07 bits per heavy atom. The van der Waals surface area contributed by atoms with Gasteiger partial charge in [0.15, 0.2) is 17.5 Å². The SMILES string of the molecule is Cc1cc(Nc2cc(C)[nH]n2)nc(N2CCC3(CC2)NC(=O)CN([C@@H](C)c2ccc(-n4cc(F)cn4)nc2)C3=O)n1. The van der Waals surface area contributed by atoms with Crippen LogP contribution in [0, 0.1) is 19.7 Å². The molecule has 1 spiro atoms. The van der Waals surface area contributed by atoms with Crippen molar-refractivity contribution in [3.05, 3.63) is 65.6 Å². The monoisotopic (exact) mass is 559 g/mol. The number of pyridine rings is 1. The van der Waals surface area contributed by atoms with Gasteiger partial charge in [-0.25, -0.2) is 19.0 Å². The number of rotatable bonds is 6. The maximum atomic E-state index is 13.9. The first kappa shape index (κ1) is 26.3. The van der Waals surface area contributed by atoms with Crippen LogP contribution in [0.2, 0.25) is 0 Å². The third-order valence-corrected chi connectivity index (χ3v) is 7.57. The molecule has 4 aromatic rings. The summed E-state index contributed by atoms with van der Waals surface area (Å²) < 4.78 is 14.7. The Hall–Kier alpha value is -4.88. The van der Waals surface area contributed by atoms with Crippen molar-refractivity contribution in [3.63, 3.8) is 0 Å². The van der Waals surface area contributed by atoms with Crippen molar-refractivity contribution in [2.75, 3.05) is 29.9 Å². The lowest BCUT2D eigenvalue weighted by Gasteiger charge is -2.47. The second-order valence-electron chi connectivity index (χ2n) is 10.5. The smallest absolute Gasteiger partial charge is 0.249 e. The van der Waals surface area contributed by atoms with E-state index in [9.17, 15) is 14.0 Å². The van der Waals surface area contributed by atoms with Crippen LogP contribution in [0.4, 0.5) is 22.0 Å². The highest BCUT2D eigenvalue weighted by Crippen LogP contribution is 2.33. The van der Waals surface area contributed by atoms with Crippen molar-refractivity contribution in [3.8, 4) is 5.82 Å². The van der Waals surface area contributed by atoms with Crippen molar-refractivity contribution >= 4 is 29.4 Å². The zero-order valence-electron chi connectivity index (χ0n) is 22.9. The third-order valence-electron chi connectivity index (χ3n) is 7.57. The molecule has 2 saturated heterocycles. The summed E-state index contributed by atoms with van der Waals surface area (Å²) in [7, 11) is 0. The van der Waals surface area contributed by atoms with Crippen molar-refractivity contribution < 1.29 is 14.0 Å². The van der Waals surface area contributed by atoms with E-state index < -0.39 is 17.4 Å². The standard InChI is InChI=1S/C27H30FN11O2/c1-16-10-21(32-22-11-17(2)35-36-22)33-26(31-16)37-8-6-27(7-9-37)25(41)38(15-24(40)34-27)18(3)19-4-5-23(29-12-19)39-14-20(28)13-30-39/h4-5,10-14,18H,6-9,15H2,1-3H3,(H,34,40)(H2,31,32,33,35,36)/t18-/m0/s1. The van der Waals surface area contributed by atoms with E-state index in [4.69, 9.17) is 0 Å². The Labute approximate surface area is 235 Å². The fourth-order valence-electron chi connectivity index (χ4n) is 5.36. The van der Waals surface area contributed by atoms with Gasteiger partial charge in [0, 0.05) is 42.8 Å².